The molecule has 4 saturated heterocycles. The first kappa shape index (κ1) is 19.5. The van der Waals surface area contributed by atoms with Crippen LogP contribution in [0, 0.1) is 5.92 Å². The molecule has 2 bridgehead atoms. The van der Waals surface area contributed by atoms with Crippen molar-refractivity contribution in [3.63, 3.8) is 0 Å². The summed E-state index contributed by atoms with van der Waals surface area (Å²) >= 11 is 1.60. The van der Waals surface area contributed by atoms with E-state index in [1.807, 2.05) is 32.2 Å². The molecular weight excluding hydrogens is 378 g/mol. The molecule has 0 radical (unpaired) electrons. The summed E-state index contributed by atoms with van der Waals surface area (Å²) in [6.45, 7) is 9.91. The van der Waals surface area contributed by atoms with E-state index in [-0.39, 0.29) is 24.2 Å². The van der Waals surface area contributed by atoms with Crippen LogP contribution < -0.4 is 5.32 Å². The Morgan fingerprint density at radius 1 is 1.18 bits per heavy atom. The normalized spacial score (nSPS) is 27.2. The molecule has 0 unspecified atom stereocenters. The van der Waals surface area contributed by atoms with Crippen molar-refractivity contribution in [1.29, 1.82) is 0 Å². The molecule has 7 nitrogen and oxygen atoms in total. The fourth-order valence-electron chi connectivity index (χ4n) is 4.18. The summed E-state index contributed by atoms with van der Waals surface area (Å²) < 4.78 is 11.1. The van der Waals surface area contributed by atoms with Gasteiger partial charge < -0.3 is 14.4 Å². The van der Waals surface area contributed by atoms with Crippen LogP contribution >= 0.6 is 11.3 Å². The van der Waals surface area contributed by atoms with Crippen molar-refractivity contribution < 1.29 is 19.1 Å². The van der Waals surface area contributed by atoms with E-state index in [0.29, 0.717) is 19.0 Å². The number of piperidine rings is 3. The minimum Gasteiger partial charge on any atom is -0.444 e. The second kappa shape index (κ2) is 7.55. The summed E-state index contributed by atoms with van der Waals surface area (Å²) in [6, 6.07) is 1.91. The fourth-order valence-corrected chi connectivity index (χ4v) is 5.12. The number of amides is 2. The Hall–Kier alpha value is -1.80. The Morgan fingerprint density at radius 2 is 1.89 bits per heavy atom. The van der Waals surface area contributed by atoms with Gasteiger partial charge in [0.1, 0.15) is 11.7 Å². The molecule has 1 aromatic rings. The number of ether oxygens (including phenoxy) is 2. The second-order valence-electron chi connectivity index (χ2n) is 8.99. The average Bonchev–Trinajstić information content (AvgIpc) is 3.00. The van der Waals surface area contributed by atoms with E-state index in [4.69, 9.17) is 9.47 Å². The number of anilines is 1. The van der Waals surface area contributed by atoms with Crippen LogP contribution in [0.3, 0.4) is 0 Å². The van der Waals surface area contributed by atoms with Crippen molar-refractivity contribution in [3.8, 4) is 0 Å². The number of nitrogens with one attached hydrogen (secondary N) is 1. The van der Waals surface area contributed by atoms with Gasteiger partial charge in [0.2, 0.25) is 0 Å². The molecule has 5 heterocycles. The largest absolute Gasteiger partial charge is 0.444 e. The summed E-state index contributed by atoms with van der Waals surface area (Å²) in [6.07, 6.45) is 1.57. The number of fused-ring (bicyclic) bond motifs is 3. The van der Waals surface area contributed by atoms with E-state index in [2.05, 4.69) is 10.2 Å². The number of hydrogen-bond acceptors (Lipinski definition) is 6. The van der Waals surface area contributed by atoms with Gasteiger partial charge in [0.05, 0.1) is 5.69 Å². The Morgan fingerprint density at radius 3 is 2.50 bits per heavy atom. The topological polar surface area (TPSA) is 71.1 Å². The standard InChI is InChI=1S/C20H29N3O4S/c1-20(2,3)27-19(25)23-10-14(11-23)17-15(6-9-28-17)21-18(24)26-16-12-22-7-4-13(16)5-8-22/h6,9,13-14,16H,4-5,7-8,10-12H2,1-3H3,(H,21,24)/t16-/m0/s1. The lowest BCUT2D eigenvalue weighted by atomic mass is 9.86. The van der Waals surface area contributed by atoms with Gasteiger partial charge in [0.25, 0.3) is 0 Å². The molecule has 8 heteroatoms. The third-order valence-electron chi connectivity index (χ3n) is 5.69. The minimum absolute atomic E-state index is 0.00375. The van der Waals surface area contributed by atoms with E-state index in [1.165, 1.54) is 0 Å². The second-order valence-corrected chi connectivity index (χ2v) is 9.94. The molecule has 28 heavy (non-hydrogen) atoms. The van der Waals surface area contributed by atoms with Crippen LogP contribution in [0.15, 0.2) is 11.4 Å². The van der Waals surface area contributed by atoms with E-state index < -0.39 is 5.60 Å². The number of hydrogen-bond donors (Lipinski definition) is 1. The number of thiophene rings is 1. The van der Waals surface area contributed by atoms with Crippen molar-refractivity contribution >= 4 is 29.2 Å². The van der Waals surface area contributed by atoms with Crippen LogP contribution in [0.4, 0.5) is 15.3 Å². The molecule has 4 aliphatic heterocycles. The first-order valence-electron chi connectivity index (χ1n) is 10.0. The highest BCUT2D eigenvalue weighted by Crippen LogP contribution is 2.37. The molecule has 1 atom stereocenters. The molecule has 4 aliphatic rings. The van der Waals surface area contributed by atoms with Crippen molar-refractivity contribution in [1.82, 2.24) is 9.80 Å². The molecule has 154 valence electrons. The third-order valence-corrected chi connectivity index (χ3v) is 6.77. The van der Waals surface area contributed by atoms with Gasteiger partial charge in [-0.05, 0) is 64.1 Å². The monoisotopic (exact) mass is 407 g/mol. The number of carbonyl (C=O) groups excluding carboxylic acids is 2. The first-order valence-corrected chi connectivity index (χ1v) is 10.9. The predicted molar refractivity (Wildman–Crippen MR) is 108 cm³/mol. The van der Waals surface area contributed by atoms with Gasteiger partial charge >= 0.3 is 12.2 Å². The summed E-state index contributed by atoms with van der Waals surface area (Å²) in [4.78, 5) is 29.7. The molecule has 5 rings (SSSR count). The Balaban J connectivity index is 1.29. The molecule has 0 saturated carbocycles. The van der Waals surface area contributed by atoms with E-state index >= 15 is 0 Å². The fraction of sp³-hybridized carbons (Fsp3) is 0.700. The summed E-state index contributed by atoms with van der Waals surface area (Å²) in [5.41, 5.74) is 0.307. The zero-order chi connectivity index (χ0) is 19.9. The summed E-state index contributed by atoms with van der Waals surface area (Å²) in [7, 11) is 0. The van der Waals surface area contributed by atoms with Gasteiger partial charge in [-0.1, -0.05) is 0 Å². The first-order chi connectivity index (χ1) is 13.3. The predicted octanol–water partition coefficient (Wildman–Crippen LogP) is 3.73. The van der Waals surface area contributed by atoms with Gasteiger partial charge in [-0.15, -0.1) is 11.3 Å². The number of rotatable bonds is 3. The lowest BCUT2D eigenvalue weighted by Crippen LogP contribution is -2.52. The molecule has 0 spiro atoms. The summed E-state index contributed by atoms with van der Waals surface area (Å²) in [5, 5.41) is 4.89. The van der Waals surface area contributed by atoms with Crippen LogP contribution in [-0.2, 0) is 9.47 Å². The van der Waals surface area contributed by atoms with Gasteiger partial charge in [-0.3, -0.25) is 10.2 Å². The molecule has 1 N–H and O–H groups in total. The van der Waals surface area contributed by atoms with Crippen molar-refractivity contribution in [2.75, 3.05) is 38.0 Å². The van der Waals surface area contributed by atoms with Gasteiger partial charge in [-0.2, -0.15) is 0 Å². The quantitative estimate of drug-likeness (QED) is 0.827. The maximum absolute atomic E-state index is 12.4. The van der Waals surface area contributed by atoms with E-state index in [1.54, 1.807) is 16.2 Å². The lowest BCUT2D eigenvalue weighted by Gasteiger charge is -2.43. The van der Waals surface area contributed by atoms with Gasteiger partial charge in [0, 0.05) is 30.4 Å². The minimum atomic E-state index is -0.489. The highest BCUT2D eigenvalue weighted by Gasteiger charge is 2.38. The summed E-state index contributed by atoms with van der Waals surface area (Å²) in [5.74, 6) is 0.714. The highest BCUT2D eigenvalue weighted by molar-refractivity contribution is 7.10. The van der Waals surface area contributed by atoms with Crippen LogP contribution in [0.2, 0.25) is 0 Å². The molecule has 2 amide bonds. The zero-order valence-corrected chi connectivity index (χ0v) is 17.6. The van der Waals surface area contributed by atoms with Crippen molar-refractivity contribution in [2.45, 2.75) is 51.2 Å². The third kappa shape index (κ3) is 4.27. The van der Waals surface area contributed by atoms with Crippen LogP contribution in [-0.4, -0.2) is 66.4 Å². The number of likely N-dealkylation sites (tertiary alicyclic amines) is 1. The van der Waals surface area contributed by atoms with Crippen LogP contribution in [0.25, 0.3) is 0 Å². The Bertz CT molecular complexity index is 730. The molecule has 4 fully saturated rings. The van der Waals surface area contributed by atoms with Crippen molar-refractivity contribution in [3.05, 3.63) is 16.3 Å². The SMILES string of the molecule is CC(C)(C)OC(=O)N1CC(c2sccc2NC(=O)O[C@H]2CN3CCC2CC3)C1. The van der Waals surface area contributed by atoms with Gasteiger partial charge in [0.15, 0.2) is 0 Å². The molecule has 0 aliphatic carbocycles. The molecule has 1 aromatic heterocycles. The average molecular weight is 408 g/mol. The van der Waals surface area contributed by atoms with Crippen LogP contribution in [0.5, 0.6) is 0 Å². The van der Waals surface area contributed by atoms with Crippen molar-refractivity contribution in [2.24, 2.45) is 5.92 Å². The molecule has 0 aromatic carbocycles. The highest BCUT2D eigenvalue weighted by atomic mass is 32.1. The Labute approximate surface area is 170 Å². The van der Waals surface area contributed by atoms with Gasteiger partial charge in [-0.25, -0.2) is 9.59 Å². The van der Waals surface area contributed by atoms with Crippen LogP contribution in [0.1, 0.15) is 44.4 Å². The number of nitrogens with zero attached hydrogens (tertiary/aromatic N) is 2. The number of carbonyl (C=O) groups is 2. The lowest BCUT2D eigenvalue weighted by molar-refractivity contribution is -0.0290. The maximum Gasteiger partial charge on any atom is 0.411 e. The Kier molecular flexibility index (Phi) is 5.26. The smallest absolute Gasteiger partial charge is 0.411 e. The maximum atomic E-state index is 12.4. The van der Waals surface area contributed by atoms with E-state index in [0.717, 1.165) is 43.0 Å². The zero-order valence-electron chi connectivity index (χ0n) is 16.8. The van der Waals surface area contributed by atoms with E-state index in [9.17, 15) is 9.59 Å². The molecular formula is C20H29N3O4S.